The minimum absolute atomic E-state index is 0.512. The number of hydrogen-bond donors (Lipinski definition) is 3. The van der Waals surface area contributed by atoms with E-state index in [1.165, 1.54) is 31.2 Å². The molecule has 2 aromatic heterocycles. The van der Waals surface area contributed by atoms with Gasteiger partial charge >= 0.3 is 5.97 Å². The molecule has 1 aliphatic heterocycles. The lowest BCUT2D eigenvalue weighted by atomic mass is 10.1. The van der Waals surface area contributed by atoms with Crippen LogP contribution < -0.4 is 10.6 Å². The van der Waals surface area contributed by atoms with Gasteiger partial charge in [-0.25, -0.2) is 19.7 Å². The van der Waals surface area contributed by atoms with E-state index >= 15 is 0 Å². The minimum Gasteiger partial charge on any atom is -0.480 e. The summed E-state index contributed by atoms with van der Waals surface area (Å²) in [4.78, 5) is 27.9. The third-order valence-corrected chi connectivity index (χ3v) is 9.38. The highest BCUT2D eigenvalue weighted by Crippen LogP contribution is 2.21. The Hall–Kier alpha value is -3.42. The summed E-state index contributed by atoms with van der Waals surface area (Å²) in [6, 6.07) is 11.3. The van der Waals surface area contributed by atoms with Crippen LogP contribution in [0.5, 0.6) is 0 Å². The number of fused-ring (bicyclic) bond motifs is 2. The molecule has 4 rings (SSSR count). The van der Waals surface area contributed by atoms with Crippen molar-refractivity contribution < 1.29 is 28.8 Å². The van der Waals surface area contributed by atoms with Crippen LogP contribution in [-0.2, 0) is 36.6 Å². The Kier molecular flexibility index (Phi) is 24.2. The van der Waals surface area contributed by atoms with E-state index in [2.05, 4.69) is 65.3 Å². The summed E-state index contributed by atoms with van der Waals surface area (Å²) in [5.41, 5.74) is 3.28. The molecule has 1 aromatic carbocycles. The number of aromatic nitrogens is 3. The monoisotopic (exact) mass is 767 g/mol. The molecule has 0 saturated heterocycles. The number of nitrogens with one attached hydrogen (secondary N) is 2. The molecule has 0 aliphatic carbocycles. The van der Waals surface area contributed by atoms with E-state index in [-0.39, 0.29) is 0 Å². The highest BCUT2D eigenvalue weighted by molar-refractivity contribution is 5.90. The van der Waals surface area contributed by atoms with Gasteiger partial charge in [-0.05, 0) is 101 Å². The van der Waals surface area contributed by atoms with Gasteiger partial charge in [-0.3, -0.25) is 0 Å². The van der Waals surface area contributed by atoms with E-state index in [0.29, 0.717) is 57.8 Å². The second-order valence-corrected chi connectivity index (χ2v) is 14.5. The molecule has 12 nitrogen and oxygen atoms in total. The molecule has 308 valence electrons. The lowest BCUT2D eigenvalue weighted by molar-refractivity contribution is -0.138. The van der Waals surface area contributed by atoms with E-state index < -0.39 is 12.0 Å². The largest absolute Gasteiger partial charge is 0.480 e. The lowest BCUT2D eigenvalue weighted by Crippen LogP contribution is -2.36. The molecule has 0 amide bonds. The van der Waals surface area contributed by atoms with Crippen molar-refractivity contribution in [2.75, 3.05) is 89.7 Å². The van der Waals surface area contributed by atoms with Gasteiger partial charge in [0, 0.05) is 37.4 Å². The number of benzene rings is 1. The van der Waals surface area contributed by atoms with E-state index in [0.717, 1.165) is 107 Å². The molecular formula is C43H70N6O6. The van der Waals surface area contributed by atoms with Gasteiger partial charge in [0.1, 0.15) is 24.0 Å². The molecule has 55 heavy (non-hydrogen) atoms. The van der Waals surface area contributed by atoms with Crippen molar-refractivity contribution in [3.63, 3.8) is 0 Å². The maximum Gasteiger partial charge on any atom is 0.326 e. The smallest absolute Gasteiger partial charge is 0.326 e. The average molecular weight is 767 g/mol. The number of carboxylic acids is 1. The molecule has 0 spiro atoms. The third kappa shape index (κ3) is 19.8. The van der Waals surface area contributed by atoms with Crippen molar-refractivity contribution in [1.82, 2.24) is 19.9 Å². The number of hydrogen-bond acceptors (Lipinski definition) is 11. The predicted octanol–water partition coefficient (Wildman–Crippen LogP) is 7.66. The fourth-order valence-corrected chi connectivity index (χ4v) is 6.15. The van der Waals surface area contributed by atoms with Crippen LogP contribution in [0.4, 0.5) is 11.6 Å². The summed E-state index contributed by atoms with van der Waals surface area (Å²) in [6.45, 7) is 17.9. The Morgan fingerprint density at radius 3 is 2.20 bits per heavy atom. The fourth-order valence-electron chi connectivity index (χ4n) is 6.15. The minimum atomic E-state index is -0.858. The standard InChI is InChI=1S/C29H40N6O2.C14H30O4/c1-2-3-7-18-35(19-8-6-11-23-15-14-22-10-9-17-30-27(22)33-23)20-16-26(29(36)37)34-28-24-12-4-5-13-25(24)31-21-32-28;1-4-6-15-8-10-17-12-13-18-11-9-16-7-5-14(2)3/h4-5,12-15,21,26H,2-3,6-11,16-20H2,1H3,(H,30,33)(H,36,37)(H,31,32,34);14H,4-13H2,1-3H3. The van der Waals surface area contributed by atoms with Gasteiger partial charge in [-0.1, -0.05) is 58.7 Å². The highest BCUT2D eigenvalue weighted by atomic mass is 16.6. The topological polar surface area (TPSA) is 140 Å². The van der Waals surface area contributed by atoms with Crippen molar-refractivity contribution in [1.29, 1.82) is 0 Å². The van der Waals surface area contributed by atoms with Gasteiger partial charge in [0.25, 0.3) is 0 Å². The Labute approximate surface area is 330 Å². The van der Waals surface area contributed by atoms with Gasteiger partial charge in [0.2, 0.25) is 0 Å². The van der Waals surface area contributed by atoms with Crippen LogP contribution in [0.3, 0.4) is 0 Å². The first-order valence-electron chi connectivity index (χ1n) is 20.9. The number of anilines is 2. The zero-order valence-corrected chi connectivity index (χ0v) is 34.2. The predicted molar refractivity (Wildman–Crippen MR) is 222 cm³/mol. The third-order valence-electron chi connectivity index (χ3n) is 9.38. The summed E-state index contributed by atoms with van der Waals surface area (Å²) < 4.78 is 21.4. The fraction of sp³-hybridized carbons (Fsp3) is 0.674. The van der Waals surface area contributed by atoms with Crippen LogP contribution in [0.2, 0.25) is 0 Å². The normalized spacial score (nSPS) is 13.0. The first-order chi connectivity index (χ1) is 26.9. The number of rotatable bonds is 29. The van der Waals surface area contributed by atoms with E-state index in [1.54, 1.807) is 0 Å². The molecule has 1 aliphatic rings. The van der Waals surface area contributed by atoms with Crippen LogP contribution >= 0.6 is 0 Å². The Bertz CT molecular complexity index is 1440. The maximum absolute atomic E-state index is 12.1. The van der Waals surface area contributed by atoms with Gasteiger partial charge in [0.15, 0.2) is 0 Å². The van der Waals surface area contributed by atoms with Crippen LogP contribution in [0.15, 0.2) is 42.7 Å². The Balaban J connectivity index is 0.000000382. The zero-order chi connectivity index (χ0) is 39.4. The molecule has 12 heteroatoms. The van der Waals surface area contributed by atoms with E-state index in [4.69, 9.17) is 23.9 Å². The second-order valence-electron chi connectivity index (χ2n) is 14.5. The summed E-state index contributed by atoms with van der Waals surface area (Å²) in [5.74, 6) is 1.48. The molecule has 1 unspecified atom stereocenters. The van der Waals surface area contributed by atoms with Crippen LogP contribution in [0.1, 0.15) is 96.7 Å². The van der Waals surface area contributed by atoms with Crippen molar-refractivity contribution in [2.24, 2.45) is 5.92 Å². The summed E-state index contributed by atoms with van der Waals surface area (Å²) >= 11 is 0. The first kappa shape index (κ1) is 46.0. The van der Waals surface area contributed by atoms with Gasteiger partial charge in [-0.2, -0.15) is 0 Å². The number of pyridine rings is 1. The second kappa shape index (κ2) is 28.9. The number of aliphatic carboxylic acids is 1. The summed E-state index contributed by atoms with van der Waals surface area (Å²) in [6.07, 6.45) is 13.1. The van der Waals surface area contributed by atoms with Crippen LogP contribution in [0, 0.1) is 5.92 Å². The highest BCUT2D eigenvalue weighted by Gasteiger charge is 2.20. The molecule has 3 aromatic rings. The summed E-state index contributed by atoms with van der Waals surface area (Å²) in [7, 11) is 0. The van der Waals surface area contributed by atoms with Gasteiger partial charge in [0.05, 0.1) is 45.2 Å². The number of carboxylic acid groups (broad SMARTS) is 1. The van der Waals surface area contributed by atoms with Crippen LogP contribution in [0.25, 0.3) is 10.9 Å². The molecule has 1 atom stereocenters. The first-order valence-corrected chi connectivity index (χ1v) is 20.9. The van der Waals surface area contributed by atoms with Crippen molar-refractivity contribution in [3.05, 3.63) is 54.0 Å². The molecule has 0 radical (unpaired) electrons. The molecule has 0 bridgehead atoms. The number of carbonyl (C=O) groups is 1. The van der Waals surface area contributed by atoms with Crippen molar-refractivity contribution >= 4 is 28.5 Å². The number of ether oxygens (including phenoxy) is 4. The van der Waals surface area contributed by atoms with Crippen molar-refractivity contribution in [3.8, 4) is 0 Å². The van der Waals surface area contributed by atoms with Gasteiger partial charge in [-0.15, -0.1) is 0 Å². The Morgan fingerprint density at radius 1 is 0.818 bits per heavy atom. The number of aryl methyl sites for hydroxylation is 2. The maximum atomic E-state index is 12.1. The quantitative estimate of drug-likeness (QED) is 0.0598. The summed E-state index contributed by atoms with van der Waals surface area (Å²) in [5, 5.41) is 17.3. The molecule has 0 saturated carbocycles. The van der Waals surface area contributed by atoms with E-state index in [1.807, 2.05) is 24.3 Å². The number of unbranched alkanes of at least 4 members (excludes halogenated alkanes) is 3. The van der Waals surface area contributed by atoms with Crippen molar-refractivity contribution in [2.45, 2.75) is 104 Å². The molecule has 0 fully saturated rings. The zero-order valence-electron chi connectivity index (χ0n) is 34.2. The molecular weight excluding hydrogens is 697 g/mol. The lowest BCUT2D eigenvalue weighted by Gasteiger charge is -2.25. The van der Waals surface area contributed by atoms with Gasteiger partial charge < -0.3 is 39.6 Å². The SMILES string of the molecule is CCCCCN(CCCCc1ccc2c(n1)NCCC2)CCC(Nc1ncnc2ccccc12)C(=O)O.CCCOCCOCCOCCOCCC(C)C. The number of nitrogens with zero attached hydrogens (tertiary/aromatic N) is 4. The molecule has 3 heterocycles. The van der Waals surface area contributed by atoms with Crippen LogP contribution in [-0.4, -0.2) is 116 Å². The average Bonchev–Trinajstić information content (AvgIpc) is 3.19. The van der Waals surface area contributed by atoms with E-state index in [9.17, 15) is 9.90 Å². The number of para-hydroxylation sites is 1. The Morgan fingerprint density at radius 2 is 1.51 bits per heavy atom. The molecule has 3 N–H and O–H groups in total.